The smallest absolute Gasteiger partial charge is 0.238 e. The van der Waals surface area contributed by atoms with E-state index in [2.05, 4.69) is 25.9 Å². The molecule has 0 saturated carbocycles. The first-order chi connectivity index (χ1) is 9.83. The number of nitrogens with zero attached hydrogens (tertiary/aromatic N) is 2. The minimum atomic E-state index is -0.0180. The highest BCUT2D eigenvalue weighted by atomic mass is 32.2. The van der Waals surface area contributed by atoms with Crippen LogP contribution in [0.2, 0.25) is 0 Å². The first-order valence-electron chi connectivity index (χ1n) is 7.11. The van der Waals surface area contributed by atoms with Crippen molar-refractivity contribution in [1.29, 1.82) is 0 Å². The van der Waals surface area contributed by atoms with Gasteiger partial charge in [0.1, 0.15) is 0 Å². The van der Waals surface area contributed by atoms with E-state index in [1.807, 2.05) is 0 Å². The van der Waals surface area contributed by atoms with Gasteiger partial charge in [-0.05, 0) is 12.8 Å². The zero-order chi connectivity index (χ0) is 13.8. The number of rotatable bonds is 5. The number of amides is 1. The van der Waals surface area contributed by atoms with Crippen LogP contribution in [0, 0.1) is 0 Å². The Labute approximate surface area is 127 Å². The second kappa shape index (κ2) is 6.78. The Morgan fingerprint density at radius 3 is 3.10 bits per heavy atom. The van der Waals surface area contributed by atoms with E-state index in [-0.39, 0.29) is 11.9 Å². The maximum atomic E-state index is 11.8. The molecule has 2 aliphatic rings. The molecule has 2 saturated heterocycles. The van der Waals surface area contributed by atoms with Gasteiger partial charge in [-0.15, -0.1) is 23.1 Å². The number of nitrogens with one attached hydrogen (secondary N) is 2. The van der Waals surface area contributed by atoms with E-state index >= 15 is 0 Å². The van der Waals surface area contributed by atoms with Crippen molar-refractivity contribution in [3.63, 3.8) is 0 Å². The number of carbonyl (C=O) groups is 1. The van der Waals surface area contributed by atoms with E-state index in [1.54, 1.807) is 23.1 Å². The molecule has 2 fully saturated rings. The number of aromatic nitrogens is 1. The lowest BCUT2D eigenvalue weighted by Crippen LogP contribution is -2.42. The number of hydrogen-bond acceptors (Lipinski definition) is 6. The Balaban J connectivity index is 1.43. The van der Waals surface area contributed by atoms with Crippen molar-refractivity contribution in [2.75, 3.05) is 36.2 Å². The largest absolute Gasteiger partial charge is 0.354 e. The van der Waals surface area contributed by atoms with Crippen molar-refractivity contribution >= 4 is 34.1 Å². The molecule has 1 atom stereocenters. The maximum Gasteiger partial charge on any atom is 0.238 e. The zero-order valence-corrected chi connectivity index (χ0v) is 13.1. The zero-order valence-electron chi connectivity index (χ0n) is 11.4. The van der Waals surface area contributed by atoms with E-state index in [1.165, 1.54) is 12.8 Å². The number of hydrogen-bond donors (Lipinski definition) is 2. The second-order valence-corrected chi connectivity index (χ2v) is 7.00. The van der Waals surface area contributed by atoms with Crippen molar-refractivity contribution < 1.29 is 4.79 Å². The molecule has 1 aromatic rings. The highest BCUT2D eigenvalue weighted by Gasteiger charge is 2.22. The molecule has 110 valence electrons. The van der Waals surface area contributed by atoms with Gasteiger partial charge < -0.3 is 10.2 Å². The topological polar surface area (TPSA) is 57.3 Å². The van der Waals surface area contributed by atoms with Crippen LogP contribution in [0.3, 0.4) is 0 Å². The molecule has 20 heavy (non-hydrogen) atoms. The number of anilines is 1. The molecule has 7 heteroatoms. The second-order valence-electron chi connectivity index (χ2n) is 5.13. The third-order valence-corrected chi connectivity index (χ3v) is 5.52. The molecule has 1 aromatic heterocycles. The number of thiazole rings is 1. The summed E-state index contributed by atoms with van der Waals surface area (Å²) in [6.45, 7) is 2.94. The van der Waals surface area contributed by atoms with Crippen LogP contribution < -0.4 is 15.5 Å². The standard InChI is InChI=1S/C13H20N4OS2/c18-12(11-8-19-9-15-11)14-4-3-10-7-20-13(16-10)17-5-1-2-6-17/h7,11,15H,1-6,8-9H2,(H,14,18). The molecule has 0 radical (unpaired) electrons. The van der Waals surface area contributed by atoms with Gasteiger partial charge in [-0.1, -0.05) is 0 Å². The minimum Gasteiger partial charge on any atom is -0.354 e. The number of thioether (sulfide) groups is 1. The monoisotopic (exact) mass is 312 g/mol. The third kappa shape index (κ3) is 3.45. The van der Waals surface area contributed by atoms with E-state index in [4.69, 9.17) is 0 Å². The Bertz CT molecular complexity index is 453. The summed E-state index contributed by atoms with van der Waals surface area (Å²) >= 11 is 3.49. The normalized spacial score (nSPS) is 22.4. The van der Waals surface area contributed by atoms with E-state index in [0.29, 0.717) is 6.54 Å². The van der Waals surface area contributed by atoms with Crippen LogP contribution in [-0.2, 0) is 11.2 Å². The fraction of sp³-hybridized carbons (Fsp3) is 0.692. The summed E-state index contributed by atoms with van der Waals surface area (Å²) in [6.07, 6.45) is 3.37. The van der Waals surface area contributed by atoms with Gasteiger partial charge in [0.2, 0.25) is 5.91 Å². The predicted molar refractivity (Wildman–Crippen MR) is 84.5 cm³/mol. The van der Waals surface area contributed by atoms with Gasteiger partial charge in [-0.2, -0.15) is 0 Å². The van der Waals surface area contributed by atoms with Gasteiger partial charge in [0.25, 0.3) is 0 Å². The molecular formula is C13H20N4OS2. The summed E-state index contributed by atoms with van der Waals surface area (Å²) in [5.74, 6) is 1.87. The maximum absolute atomic E-state index is 11.8. The van der Waals surface area contributed by atoms with Crippen LogP contribution >= 0.6 is 23.1 Å². The summed E-state index contributed by atoms with van der Waals surface area (Å²) in [6, 6.07) is -0.0180. The molecule has 3 rings (SSSR count). The van der Waals surface area contributed by atoms with Crippen molar-refractivity contribution in [1.82, 2.24) is 15.6 Å². The lowest BCUT2D eigenvalue weighted by Gasteiger charge is -2.12. The quantitative estimate of drug-likeness (QED) is 0.851. The van der Waals surface area contributed by atoms with Gasteiger partial charge in [0, 0.05) is 43.1 Å². The summed E-state index contributed by atoms with van der Waals surface area (Å²) in [5, 5.41) is 9.42. The van der Waals surface area contributed by atoms with Crippen molar-refractivity contribution in [2.45, 2.75) is 25.3 Å². The van der Waals surface area contributed by atoms with E-state index in [0.717, 1.165) is 42.0 Å². The molecule has 5 nitrogen and oxygen atoms in total. The average Bonchev–Trinajstić information content (AvgIpc) is 3.20. The van der Waals surface area contributed by atoms with Crippen LogP contribution in [0.5, 0.6) is 0 Å². The fourth-order valence-corrected chi connectivity index (χ4v) is 4.32. The van der Waals surface area contributed by atoms with Crippen LogP contribution in [0.1, 0.15) is 18.5 Å². The SMILES string of the molecule is O=C(NCCc1csc(N2CCCC2)n1)C1CSCN1. The fourth-order valence-electron chi connectivity index (χ4n) is 2.47. The van der Waals surface area contributed by atoms with Crippen molar-refractivity contribution in [3.05, 3.63) is 11.1 Å². The van der Waals surface area contributed by atoms with Crippen molar-refractivity contribution in [2.24, 2.45) is 0 Å². The molecule has 2 N–H and O–H groups in total. The van der Waals surface area contributed by atoms with Gasteiger partial charge in [0.05, 0.1) is 11.7 Å². The molecule has 3 heterocycles. The highest BCUT2D eigenvalue weighted by Crippen LogP contribution is 2.24. The first-order valence-corrected chi connectivity index (χ1v) is 9.14. The molecule has 0 spiro atoms. The van der Waals surface area contributed by atoms with Crippen LogP contribution in [0.4, 0.5) is 5.13 Å². The highest BCUT2D eigenvalue weighted by molar-refractivity contribution is 7.99. The van der Waals surface area contributed by atoms with E-state index in [9.17, 15) is 4.79 Å². The van der Waals surface area contributed by atoms with Gasteiger partial charge >= 0.3 is 0 Å². The molecule has 0 bridgehead atoms. The lowest BCUT2D eigenvalue weighted by atomic mass is 10.3. The van der Waals surface area contributed by atoms with Gasteiger partial charge in [0.15, 0.2) is 5.13 Å². The van der Waals surface area contributed by atoms with Crippen molar-refractivity contribution in [3.8, 4) is 0 Å². The first kappa shape index (κ1) is 14.2. The minimum absolute atomic E-state index is 0.0180. The average molecular weight is 312 g/mol. The summed E-state index contributed by atoms with van der Waals surface area (Å²) in [5.41, 5.74) is 1.09. The Kier molecular flexibility index (Phi) is 4.80. The predicted octanol–water partition coefficient (Wildman–Crippen LogP) is 1.06. The summed E-state index contributed by atoms with van der Waals surface area (Å²) < 4.78 is 0. The van der Waals surface area contributed by atoms with E-state index < -0.39 is 0 Å². The molecule has 0 aliphatic carbocycles. The summed E-state index contributed by atoms with van der Waals surface area (Å²) in [7, 11) is 0. The molecule has 2 aliphatic heterocycles. The van der Waals surface area contributed by atoms with Gasteiger partial charge in [-0.25, -0.2) is 4.98 Å². The summed E-state index contributed by atoms with van der Waals surface area (Å²) in [4.78, 5) is 18.9. The van der Waals surface area contributed by atoms with Crippen LogP contribution in [0.25, 0.3) is 0 Å². The molecule has 0 aromatic carbocycles. The Hall–Kier alpha value is -0.790. The van der Waals surface area contributed by atoms with Crippen LogP contribution in [0.15, 0.2) is 5.38 Å². The molecule has 1 unspecified atom stereocenters. The molecular weight excluding hydrogens is 292 g/mol. The Morgan fingerprint density at radius 2 is 2.35 bits per heavy atom. The van der Waals surface area contributed by atoms with Crippen LogP contribution in [-0.4, -0.2) is 48.2 Å². The third-order valence-electron chi connectivity index (χ3n) is 3.63. The number of carbonyl (C=O) groups excluding carboxylic acids is 1. The molecule has 1 amide bonds. The van der Waals surface area contributed by atoms with Gasteiger partial charge in [-0.3, -0.25) is 10.1 Å². The Morgan fingerprint density at radius 1 is 1.50 bits per heavy atom. The lowest BCUT2D eigenvalue weighted by molar-refractivity contribution is -0.122.